The van der Waals surface area contributed by atoms with E-state index < -0.39 is 11.5 Å². The Morgan fingerprint density at radius 2 is 2.44 bits per heavy atom. The second-order valence-corrected chi connectivity index (χ2v) is 4.11. The van der Waals surface area contributed by atoms with Gasteiger partial charge in [-0.3, -0.25) is 4.79 Å². The molecule has 0 bridgehead atoms. The third-order valence-corrected chi connectivity index (χ3v) is 2.74. The molecule has 1 aromatic carbocycles. The van der Waals surface area contributed by atoms with Gasteiger partial charge in [-0.25, -0.2) is 0 Å². The maximum atomic E-state index is 11.4. The summed E-state index contributed by atoms with van der Waals surface area (Å²) in [6, 6.07) is 7.94. The van der Waals surface area contributed by atoms with Crippen molar-refractivity contribution in [2.24, 2.45) is 10.9 Å². The Labute approximate surface area is 94.1 Å². The summed E-state index contributed by atoms with van der Waals surface area (Å²) in [6.45, 7) is 2.01. The maximum Gasteiger partial charge on any atom is 0.265 e. The number of nitrogens with two attached hydrogens (primary N) is 1. The standard InChI is InChI=1S/C12H14N2O2/c1-9-3-2-4-10(7-9)8-12(11(13)15)5-6-14-16-12/h2-4,6-7H,5,8H2,1H3,(H2,13,15). The summed E-state index contributed by atoms with van der Waals surface area (Å²) < 4.78 is 0. The Balaban J connectivity index is 2.22. The summed E-state index contributed by atoms with van der Waals surface area (Å²) in [5, 5.41) is 3.65. The van der Waals surface area contributed by atoms with Crippen LogP contribution in [0, 0.1) is 6.92 Å². The number of rotatable bonds is 3. The molecule has 1 aliphatic heterocycles. The monoisotopic (exact) mass is 218 g/mol. The molecule has 1 atom stereocenters. The second kappa shape index (κ2) is 3.96. The van der Waals surface area contributed by atoms with E-state index in [0.29, 0.717) is 12.8 Å². The van der Waals surface area contributed by atoms with Crippen LogP contribution in [-0.4, -0.2) is 17.7 Å². The Bertz CT molecular complexity index is 432. The van der Waals surface area contributed by atoms with Crippen LogP contribution in [0.4, 0.5) is 0 Å². The van der Waals surface area contributed by atoms with Gasteiger partial charge in [-0.05, 0) is 12.5 Å². The van der Waals surface area contributed by atoms with Crippen molar-refractivity contribution in [2.45, 2.75) is 25.4 Å². The molecule has 84 valence electrons. The number of carbonyl (C=O) groups excluding carboxylic acids is 1. The summed E-state index contributed by atoms with van der Waals surface area (Å²) in [6.07, 6.45) is 2.49. The molecule has 2 rings (SSSR count). The van der Waals surface area contributed by atoms with Gasteiger partial charge in [-0.15, -0.1) is 0 Å². The van der Waals surface area contributed by atoms with Gasteiger partial charge in [-0.2, -0.15) is 0 Å². The number of amides is 1. The topological polar surface area (TPSA) is 64.7 Å². The minimum atomic E-state index is -0.992. The predicted molar refractivity (Wildman–Crippen MR) is 61.0 cm³/mol. The van der Waals surface area contributed by atoms with Crippen LogP contribution in [0.15, 0.2) is 29.4 Å². The Hall–Kier alpha value is -1.84. The van der Waals surface area contributed by atoms with E-state index >= 15 is 0 Å². The van der Waals surface area contributed by atoms with E-state index in [2.05, 4.69) is 5.16 Å². The fourth-order valence-corrected chi connectivity index (χ4v) is 1.85. The molecule has 0 aliphatic carbocycles. The van der Waals surface area contributed by atoms with Crippen LogP contribution in [0.1, 0.15) is 17.5 Å². The van der Waals surface area contributed by atoms with Gasteiger partial charge in [0, 0.05) is 19.1 Å². The number of nitrogens with zero attached hydrogens (tertiary/aromatic N) is 1. The lowest BCUT2D eigenvalue weighted by molar-refractivity contribution is -0.140. The van der Waals surface area contributed by atoms with Crippen molar-refractivity contribution in [1.29, 1.82) is 0 Å². The van der Waals surface area contributed by atoms with E-state index in [-0.39, 0.29) is 0 Å². The molecule has 1 heterocycles. The Kier molecular flexibility index (Phi) is 2.64. The van der Waals surface area contributed by atoms with Crippen molar-refractivity contribution in [3.8, 4) is 0 Å². The number of benzene rings is 1. The van der Waals surface area contributed by atoms with Crippen molar-refractivity contribution in [3.05, 3.63) is 35.4 Å². The largest absolute Gasteiger partial charge is 0.379 e. The predicted octanol–water partition coefficient (Wildman–Crippen LogP) is 1.17. The van der Waals surface area contributed by atoms with Gasteiger partial charge in [-0.1, -0.05) is 35.0 Å². The number of aryl methyl sites for hydroxylation is 1. The number of oxime groups is 1. The second-order valence-electron chi connectivity index (χ2n) is 4.11. The van der Waals surface area contributed by atoms with E-state index in [1.54, 1.807) is 6.21 Å². The molecule has 16 heavy (non-hydrogen) atoms. The van der Waals surface area contributed by atoms with Gasteiger partial charge < -0.3 is 10.6 Å². The lowest BCUT2D eigenvalue weighted by Crippen LogP contribution is -2.45. The van der Waals surface area contributed by atoms with Gasteiger partial charge in [0.15, 0.2) is 0 Å². The molecule has 0 fully saturated rings. The molecule has 0 spiro atoms. The van der Waals surface area contributed by atoms with Gasteiger partial charge >= 0.3 is 0 Å². The van der Waals surface area contributed by atoms with Crippen LogP contribution in [-0.2, 0) is 16.1 Å². The highest BCUT2D eigenvalue weighted by molar-refractivity contribution is 5.88. The van der Waals surface area contributed by atoms with Gasteiger partial charge in [0.25, 0.3) is 5.91 Å². The summed E-state index contributed by atoms with van der Waals surface area (Å²) in [5.41, 5.74) is 6.56. The molecule has 1 amide bonds. The average Bonchev–Trinajstić information content (AvgIpc) is 2.67. The van der Waals surface area contributed by atoms with E-state index in [9.17, 15) is 4.79 Å². The first-order chi connectivity index (χ1) is 7.62. The van der Waals surface area contributed by atoms with Crippen LogP contribution in [0.2, 0.25) is 0 Å². The van der Waals surface area contributed by atoms with Crippen molar-refractivity contribution in [3.63, 3.8) is 0 Å². The van der Waals surface area contributed by atoms with E-state index in [0.717, 1.165) is 11.1 Å². The number of carbonyl (C=O) groups is 1. The van der Waals surface area contributed by atoms with Crippen molar-refractivity contribution >= 4 is 12.1 Å². The molecule has 2 N–H and O–H groups in total. The molecule has 0 aromatic heterocycles. The summed E-state index contributed by atoms with van der Waals surface area (Å²) >= 11 is 0. The number of hydrogen-bond acceptors (Lipinski definition) is 3. The Morgan fingerprint density at radius 1 is 1.62 bits per heavy atom. The third kappa shape index (κ3) is 1.91. The van der Waals surface area contributed by atoms with Crippen LogP contribution in [0.3, 0.4) is 0 Å². The highest BCUT2D eigenvalue weighted by atomic mass is 16.7. The first kappa shape index (κ1) is 10.7. The quantitative estimate of drug-likeness (QED) is 0.827. The van der Waals surface area contributed by atoms with Crippen LogP contribution in [0.5, 0.6) is 0 Å². The van der Waals surface area contributed by atoms with E-state index in [1.807, 2.05) is 31.2 Å². The molecule has 0 saturated carbocycles. The zero-order chi connectivity index (χ0) is 11.6. The molecule has 4 nitrogen and oxygen atoms in total. The summed E-state index contributed by atoms with van der Waals surface area (Å²) in [7, 11) is 0. The van der Waals surface area contributed by atoms with E-state index in [4.69, 9.17) is 10.6 Å². The Morgan fingerprint density at radius 3 is 3.00 bits per heavy atom. The van der Waals surface area contributed by atoms with Gasteiger partial charge in [0.2, 0.25) is 5.60 Å². The SMILES string of the molecule is Cc1cccc(CC2(C(N)=O)CC=NO2)c1. The fraction of sp³-hybridized carbons (Fsp3) is 0.333. The maximum absolute atomic E-state index is 11.4. The summed E-state index contributed by atoms with van der Waals surface area (Å²) in [5.74, 6) is -0.466. The first-order valence-corrected chi connectivity index (χ1v) is 5.18. The van der Waals surface area contributed by atoms with E-state index in [1.165, 1.54) is 0 Å². The van der Waals surface area contributed by atoms with Crippen molar-refractivity contribution in [1.82, 2.24) is 0 Å². The molecular weight excluding hydrogens is 204 g/mol. The zero-order valence-electron chi connectivity index (χ0n) is 9.14. The number of hydrogen-bond donors (Lipinski definition) is 1. The highest BCUT2D eigenvalue weighted by Crippen LogP contribution is 2.25. The summed E-state index contributed by atoms with van der Waals surface area (Å²) in [4.78, 5) is 16.6. The molecular formula is C12H14N2O2. The average molecular weight is 218 g/mol. The van der Waals surface area contributed by atoms with Crippen molar-refractivity contribution < 1.29 is 9.63 Å². The molecule has 1 aromatic rings. The zero-order valence-corrected chi connectivity index (χ0v) is 9.14. The normalized spacial score (nSPS) is 23.1. The fourth-order valence-electron chi connectivity index (χ4n) is 1.85. The minimum Gasteiger partial charge on any atom is -0.379 e. The molecule has 1 aliphatic rings. The molecule has 1 unspecified atom stereocenters. The minimum absolute atomic E-state index is 0.441. The van der Waals surface area contributed by atoms with Crippen molar-refractivity contribution in [2.75, 3.05) is 0 Å². The van der Waals surface area contributed by atoms with Crippen LogP contribution < -0.4 is 5.73 Å². The highest BCUT2D eigenvalue weighted by Gasteiger charge is 2.41. The number of primary amides is 1. The van der Waals surface area contributed by atoms with Crippen LogP contribution in [0.25, 0.3) is 0 Å². The first-order valence-electron chi connectivity index (χ1n) is 5.18. The van der Waals surface area contributed by atoms with Gasteiger partial charge in [0.1, 0.15) is 0 Å². The third-order valence-electron chi connectivity index (χ3n) is 2.74. The molecule has 0 saturated heterocycles. The molecule has 4 heteroatoms. The smallest absolute Gasteiger partial charge is 0.265 e. The van der Waals surface area contributed by atoms with Gasteiger partial charge in [0.05, 0.1) is 0 Å². The van der Waals surface area contributed by atoms with Crippen LogP contribution >= 0.6 is 0 Å². The molecule has 0 radical (unpaired) electrons. The lowest BCUT2D eigenvalue weighted by Gasteiger charge is -2.22. The lowest BCUT2D eigenvalue weighted by atomic mass is 9.91.